The molecule has 0 saturated heterocycles. The number of hydrogen-bond donors (Lipinski definition) is 4. The van der Waals surface area contributed by atoms with Crippen LogP contribution in [0.4, 0.5) is 0 Å². The van der Waals surface area contributed by atoms with E-state index < -0.39 is 42.8 Å². The second kappa shape index (κ2) is 14.1. The molecule has 3 unspecified atom stereocenters. The van der Waals surface area contributed by atoms with Gasteiger partial charge in [0.05, 0.1) is 0 Å². The first-order valence-corrected chi connectivity index (χ1v) is 13.9. The van der Waals surface area contributed by atoms with Gasteiger partial charge in [-0.2, -0.15) is 0 Å². The molecule has 1 aromatic heterocycles. The fourth-order valence-electron chi connectivity index (χ4n) is 4.26. The second-order valence-electron chi connectivity index (χ2n) is 10.3. The highest BCUT2D eigenvalue weighted by atomic mass is 35.5. The minimum Gasteiger partial charge on any atom is -0.479 e. The summed E-state index contributed by atoms with van der Waals surface area (Å²) in [5.74, 6) is -2.65. The molecular formula is C30H32ClN5O7. The van der Waals surface area contributed by atoms with Crippen LogP contribution in [0.1, 0.15) is 36.2 Å². The zero-order chi connectivity index (χ0) is 31.1. The topological polar surface area (TPSA) is 179 Å². The SMILES string of the molecule is CC(C)C(N)C(=O)OCOn1nnc2ccc(C(=O)NC(Cc3ccc(-c4cccc(Cl)c4)cc3)CC(O)C(=O)O)cc21. The van der Waals surface area contributed by atoms with Gasteiger partial charge in [-0.05, 0) is 64.6 Å². The maximum Gasteiger partial charge on any atom is 0.332 e. The minimum atomic E-state index is -1.68. The summed E-state index contributed by atoms with van der Waals surface area (Å²) < 4.78 is 5.04. The predicted molar refractivity (Wildman–Crippen MR) is 158 cm³/mol. The van der Waals surface area contributed by atoms with E-state index in [2.05, 4.69) is 15.6 Å². The number of ether oxygens (including phenoxy) is 1. The third-order valence-corrected chi connectivity index (χ3v) is 7.00. The quantitative estimate of drug-likeness (QED) is 0.130. The van der Waals surface area contributed by atoms with Crippen molar-refractivity contribution in [1.82, 2.24) is 20.5 Å². The van der Waals surface area contributed by atoms with E-state index in [9.17, 15) is 24.6 Å². The first-order valence-electron chi connectivity index (χ1n) is 13.5. The second-order valence-corrected chi connectivity index (χ2v) is 10.8. The van der Waals surface area contributed by atoms with Crippen LogP contribution in [0, 0.1) is 5.92 Å². The standard InChI is InChI=1S/C30H32ClN5O7/c1-17(2)27(32)30(41)42-16-43-36-25-14-21(10-11-24(25)34-35-36)28(38)33-23(15-26(37)29(39)40)12-18-6-8-19(9-7-18)20-4-3-5-22(31)13-20/h3-11,13-14,17,23,26-27,37H,12,15-16,32H2,1-2H3,(H,33,38)(H,39,40). The van der Waals surface area contributed by atoms with Gasteiger partial charge in [0, 0.05) is 23.0 Å². The van der Waals surface area contributed by atoms with E-state index in [1.165, 1.54) is 12.1 Å². The van der Waals surface area contributed by atoms with Crippen LogP contribution < -0.4 is 15.9 Å². The number of aliphatic carboxylic acids is 1. The summed E-state index contributed by atoms with van der Waals surface area (Å²) in [5.41, 5.74) is 9.44. The monoisotopic (exact) mass is 609 g/mol. The summed E-state index contributed by atoms with van der Waals surface area (Å²) in [6, 6.07) is 18.0. The molecule has 13 heteroatoms. The molecule has 0 aliphatic carbocycles. The maximum atomic E-state index is 13.3. The average Bonchev–Trinajstić information content (AvgIpc) is 3.39. The molecule has 5 N–H and O–H groups in total. The van der Waals surface area contributed by atoms with E-state index in [0.29, 0.717) is 16.1 Å². The van der Waals surface area contributed by atoms with Gasteiger partial charge in [0.15, 0.2) is 6.10 Å². The van der Waals surface area contributed by atoms with Crippen LogP contribution in [0.25, 0.3) is 22.2 Å². The first kappa shape index (κ1) is 31.4. The molecule has 0 aliphatic heterocycles. The van der Waals surface area contributed by atoms with Crippen molar-refractivity contribution in [2.75, 3.05) is 6.79 Å². The number of rotatable bonds is 13. The summed E-state index contributed by atoms with van der Waals surface area (Å²) >= 11 is 6.11. The third-order valence-electron chi connectivity index (χ3n) is 6.77. The Labute approximate surface area is 252 Å². The highest BCUT2D eigenvalue weighted by Crippen LogP contribution is 2.24. The molecule has 3 atom stereocenters. The molecule has 0 aliphatic rings. The van der Waals surface area contributed by atoms with Crippen molar-refractivity contribution in [3.63, 3.8) is 0 Å². The van der Waals surface area contributed by atoms with Crippen LogP contribution in [-0.4, -0.2) is 68.2 Å². The van der Waals surface area contributed by atoms with Crippen molar-refractivity contribution in [3.8, 4) is 11.1 Å². The minimum absolute atomic E-state index is 0.116. The smallest absolute Gasteiger partial charge is 0.332 e. The van der Waals surface area contributed by atoms with Crippen LogP contribution in [0.2, 0.25) is 5.02 Å². The van der Waals surface area contributed by atoms with Crippen LogP contribution in [0.3, 0.4) is 0 Å². The lowest BCUT2D eigenvalue weighted by molar-refractivity contribution is -0.160. The van der Waals surface area contributed by atoms with Crippen LogP contribution in [0.15, 0.2) is 66.7 Å². The Morgan fingerprint density at radius 1 is 1.05 bits per heavy atom. The van der Waals surface area contributed by atoms with Gasteiger partial charge in [-0.25, -0.2) is 4.79 Å². The summed E-state index contributed by atoms with van der Waals surface area (Å²) in [4.78, 5) is 43.0. The summed E-state index contributed by atoms with van der Waals surface area (Å²) in [6.07, 6.45) is -1.63. The Balaban J connectivity index is 1.46. The Bertz CT molecular complexity index is 1590. The number of aliphatic hydroxyl groups excluding tert-OH is 1. The van der Waals surface area contributed by atoms with Crippen molar-refractivity contribution in [3.05, 3.63) is 82.9 Å². The number of carboxylic acids is 1. The number of carbonyl (C=O) groups excluding carboxylic acids is 2. The fourth-order valence-corrected chi connectivity index (χ4v) is 4.45. The molecule has 43 heavy (non-hydrogen) atoms. The number of aromatic nitrogens is 3. The van der Waals surface area contributed by atoms with Crippen LogP contribution in [-0.2, 0) is 20.7 Å². The molecule has 1 heterocycles. The fraction of sp³-hybridized carbons (Fsp3) is 0.300. The predicted octanol–water partition coefficient (Wildman–Crippen LogP) is 2.84. The molecule has 0 radical (unpaired) electrons. The maximum absolute atomic E-state index is 13.3. The van der Waals surface area contributed by atoms with Crippen molar-refractivity contribution < 1.29 is 34.2 Å². The molecule has 3 aromatic carbocycles. The highest BCUT2D eigenvalue weighted by Gasteiger charge is 2.23. The number of carbonyl (C=O) groups is 3. The number of benzene rings is 3. The molecule has 12 nitrogen and oxygen atoms in total. The van der Waals surface area contributed by atoms with Crippen LogP contribution >= 0.6 is 11.6 Å². The van der Waals surface area contributed by atoms with E-state index >= 15 is 0 Å². The lowest BCUT2D eigenvalue weighted by atomic mass is 9.97. The van der Waals surface area contributed by atoms with Gasteiger partial charge >= 0.3 is 11.9 Å². The molecule has 1 amide bonds. The normalized spacial score (nSPS) is 13.3. The van der Waals surface area contributed by atoms with Crippen molar-refractivity contribution >= 4 is 40.5 Å². The van der Waals surface area contributed by atoms with Crippen molar-refractivity contribution in [1.29, 1.82) is 0 Å². The highest BCUT2D eigenvalue weighted by molar-refractivity contribution is 6.30. The van der Waals surface area contributed by atoms with Crippen LogP contribution in [0.5, 0.6) is 0 Å². The number of carboxylic acid groups (broad SMARTS) is 1. The Morgan fingerprint density at radius 2 is 1.79 bits per heavy atom. The van der Waals surface area contributed by atoms with Crippen molar-refractivity contribution in [2.24, 2.45) is 11.7 Å². The van der Waals surface area contributed by atoms with Gasteiger partial charge in [0.2, 0.25) is 0 Å². The summed E-state index contributed by atoms with van der Waals surface area (Å²) in [7, 11) is 0. The van der Waals surface area contributed by atoms with E-state index in [-0.39, 0.29) is 24.3 Å². The van der Waals surface area contributed by atoms with E-state index in [4.69, 9.17) is 26.9 Å². The largest absolute Gasteiger partial charge is 0.479 e. The number of nitrogens with zero attached hydrogens (tertiary/aromatic N) is 3. The molecule has 0 spiro atoms. The van der Waals surface area contributed by atoms with Gasteiger partial charge in [0.1, 0.15) is 17.1 Å². The Morgan fingerprint density at radius 3 is 2.47 bits per heavy atom. The number of halogens is 1. The third kappa shape index (κ3) is 8.28. The lowest BCUT2D eigenvalue weighted by Gasteiger charge is -2.21. The summed E-state index contributed by atoms with van der Waals surface area (Å²) in [6.45, 7) is 3.10. The zero-order valence-electron chi connectivity index (χ0n) is 23.5. The molecule has 0 bridgehead atoms. The van der Waals surface area contributed by atoms with Gasteiger partial charge in [0.25, 0.3) is 12.7 Å². The molecule has 4 rings (SSSR count). The number of fused-ring (bicyclic) bond motifs is 1. The van der Waals surface area contributed by atoms with Gasteiger partial charge in [-0.3, -0.25) is 9.59 Å². The Hall–Kier alpha value is -4.52. The lowest BCUT2D eigenvalue weighted by Crippen LogP contribution is -2.40. The zero-order valence-corrected chi connectivity index (χ0v) is 24.3. The Kier molecular flexibility index (Phi) is 10.3. The van der Waals surface area contributed by atoms with Crippen molar-refractivity contribution in [2.45, 2.75) is 44.9 Å². The number of hydrogen-bond acceptors (Lipinski definition) is 9. The molecule has 226 valence electrons. The number of esters is 1. The summed E-state index contributed by atoms with van der Waals surface area (Å²) in [5, 5.41) is 30.6. The number of aliphatic hydroxyl groups is 1. The number of nitrogens with one attached hydrogen (secondary N) is 1. The van der Waals surface area contributed by atoms with Gasteiger partial charge in [-0.15, -0.1) is 5.10 Å². The molecule has 0 fully saturated rings. The first-order chi connectivity index (χ1) is 20.5. The van der Waals surface area contributed by atoms with E-state index in [0.717, 1.165) is 21.5 Å². The number of nitrogens with two attached hydrogens (primary N) is 1. The number of amides is 1. The molecule has 4 aromatic rings. The average molecular weight is 610 g/mol. The molecular weight excluding hydrogens is 578 g/mol. The van der Waals surface area contributed by atoms with Gasteiger partial charge < -0.3 is 30.8 Å². The van der Waals surface area contributed by atoms with E-state index in [1.807, 2.05) is 42.5 Å². The van der Waals surface area contributed by atoms with Gasteiger partial charge in [-0.1, -0.05) is 66.7 Å². The molecule has 0 saturated carbocycles. The van der Waals surface area contributed by atoms with E-state index in [1.54, 1.807) is 26.0 Å².